The van der Waals surface area contributed by atoms with E-state index in [1.807, 2.05) is 0 Å². The highest BCUT2D eigenvalue weighted by Gasteiger charge is 2.14. The predicted molar refractivity (Wildman–Crippen MR) is 101 cm³/mol. The quantitative estimate of drug-likeness (QED) is 0.476. The number of phenolic OH excluding ortho intramolecular Hbond substituents is 4. The number of rotatable bonds is 8. The van der Waals surface area contributed by atoms with E-state index in [1.54, 1.807) is 24.3 Å². The van der Waals surface area contributed by atoms with E-state index in [0.29, 0.717) is 0 Å². The van der Waals surface area contributed by atoms with Crippen LogP contribution in [0.4, 0.5) is 0 Å². The van der Waals surface area contributed by atoms with Crippen molar-refractivity contribution >= 4 is 11.8 Å². The van der Waals surface area contributed by atoms with E-state index in [-0.39, 0.29) is 23.0 Å². The van der Waals surface area contributed by atoms with Gasteiger partial charge in [-0.25, -0.2) is 0 Å². The summed E-state index contributed by atoms with van der Waals surface area (Å²) in [4.78, 5) is 1.71. The Bertz CT molecular complexity index is 667. The topological polar surface area (TPSA) is 80.9 Å². The van der Waals surface area contributed by atoms with Gasteiger partial charge in [-0.15, -0.1) is 0 Å². The highest BCUT2D eigenvalue weighted by molar-refractivity contribution is 7.99. The summed E-state index contributed by atoms with van der Waals surface area (Å²) in [5.41, 5.74) is 1.94. The fourth-order valence-electron chi connectivity index (χ4n) is 2.64. The van der Waals surface area contributed by atoms with Crippen molar-refractivity contribution in [3.8, 4) is 23.0 Å². The molecule has 0 bridgehead atoms. The van der Waals surface area contributed by atoms with E-state index in [0.717, 1.165) is 59.4 Å². The van der Waals surface area contributed by atoms with E-state index in [9.17, 15) is 20.4 Å². The monoisotopic (exact) mass is 362 g/mol. The third-order valence-corrected chi connectivity index (χ3v) is 5.33. The molecule has 25 heavy (non-hydrogen) atoms. The molecule has 0 radical (unpaired) electrons. The second-order valence-corrected chi connectivity index (χ2v) is 7.29. The molecule has 0 aliphatic rings. The lowest BCUT2D eigenvalue weighted by molar-refractivity contribution is 0.401. The van der Waals surface area contributed by atoms with Gasteiger partial charge in [0.15, 0.2) is 23.0 Å². The van der Waals surface area contributed by atoms with Gasteiger partial charge in [0.05, 0.1) is 0 Å². The Balaban J connectivity index is 2.40. The molecule has 2 aromatic rings. The van der Waals surface area contributed by atoms with Crippen molar-refractivity contribution in [1.82, 2.24) is 0 Å². The summed E-state index contributed by atoms with van der Waals surface area (Å²) in [6.07, 6.45) is 5.66. The summed E-state index contributed by atoms with van der Waals surface area (Å²) in [6.45, 7) is 4.21. The van der Waals surface area contributed by atoms with Gasteiger partial charge in [0.25, 0.3) is 0 Å². The van der Waals surface area contributed by atoms with E-state index in [4.69, 9.17) is 0 Å². The van der Waals surface area contributed by atoms with Crippen molar-refractivity contribution in [1.29, 1.82) is 0 Å². The zero-order valence-corrected chi connectivity index (χ0v) is 15.6. The van der Waals surface area contributed by atoms with Crippen LogP contribution >= 0.6 is 11.8 Å². The average molecular weight is 362 g/mol. The molecule has 0 atom stereocenters. The fourth-order valence-corrected chi connectivity index (χ4v) is 3.80. The summed E-state index contributed by atoms with van der Waals surface area (Å²) < 4.78 is 0. The Morgan fingerprint density at radius 1 is 0.640 bits per heavy atom. The summed E-state index contributed by atoms with van der Waals surface area (Å²) in [5, 5.41) is 39.4. The number of phenols is 4. The number of aryl methyl sites for hydroxylation is 2. The minimum Gasteiger partial charge on any atom is -0.504 e. The lowest BCUT2D eigenvalue weighted by atomic mass is 10.1. The Morgan fingerprint density at radius 3 is 1.36 bits per heavy atom. The molecular formula is C20H26O4S. The van der Waals surface area contributed by atoms with Gasteiger partial charge in [0, 0.05) is 9.79 Å². The molecular weight excluding hydrogens is 336 g/mol. The summed E-state index contributed by atoms with van der Waals surface area (Å²) in [6, 6.07) is 6.36. The Hall–Kier alpha value is -2.01. The number of benzene rings is 2. The first-order valence-corrected chi connectivity index (χ1v) is 9.55. The largest absolute Gasteiger partial charge is 0.504 e. The zero-order valence-electron chi connectivity index (χ0n) is 14.7. The molecule has 0 amide bonds. The van der Waals surface area contributed by atoms with Crippen LogP contribution in [0.15, 0.2) is 34.1 Å². The van der Waals surface area contributed by atoms with Gasteiger partial charge in [-0.1, -0.05) is 38.5 Å². The first-order valence-electron chi connectivity index (χ1n) is 8.73. The predicted octanol–water partition coefficient (Wildman–Crippen LogP) is 5.35. The van der Waals surface area contributed by atoms with E-state index < -0.39 is 0 Å². The highest BCUT2D eigenvalue weighted by Crippen LogP contribution is 2.42. The zero-order chi connectivity index (χ0) is 18.4. The first-order chi connectivity index (χ1) is 12.0. The van der Waals surface area contributed by atoms with Gasteiger partial charge in [-0.05, 0) is 61.1 Å². The maximum Gasteiger partial charge on any atom is 0.158 e. The third-order valence-electron chi connectivity index (χ3n) is 4.13. The van der Waals surface area contributed by atoms with Crippen molar-refractivity contribution < 1.29 is 20.4 Å². The highest BCUT2D eigenvalue weighted by atomic mass is 32.2. The number of hydrogen-bond donors (Lipinski definition) is 4. The molecule has 5 heteroatoms. The smallest absolute Gasteiger partial charge is 0.158 e. The molecule has 0 saturated carbocycles. The Kier molecular flexibility index (Phi) is 6.88. The molecule has 0 saturated heterocycles. The minimum absolute atomic E-state index is 0.116. The van der Waals surface area contributed by atoms with Gasteiger partial charge >= 0.3 is 0 Å². The first kappa shape index (κ1) is 19.3. The van der Waals surface area contributed by atoms with Gasteiger partial charge in [0.2, 0.25) is 0 Å². The third kappa shape index (κ3) is 4.98. The maximum absolute atomic E-state index is 9.88. The second-order valence-electron chi connectivity index (χ2n) is 6.21. The van der Waals surface area contributed by atoms with Crippen LogP contribution in [0.1, 0.15) is 50.7 Å². The molecule has 0 aromatic heterocycles. The van der Waals surface area contributed by atoms with Crippen LogP contribution in [-0.2, 0) is 12.8 Å². The fraction of sp³-hybridized carbons (Fsp3) is 0.400. The molecule has 0 spiro atoms. The normalized spacial score (nSPS) is 11.0. The van der Waals surface area contributed by atoms with Crippen LogP contribution in [0.5, 0.6) is 23.0 Å². The van der Waals surface area contributed by atoms with Gasteiger partial charge < -0.3 is 20.4 Å². The molecule has 4 nitrogen and oxygen atoms in total. The maximum atomic E-state index is 9.88. The molecule has 4 N–H and O–H groups in total. The lowest BCUT2D eigenvalue weighted by Crippen LogP contribution is -1.93. The van der Waals surface area contributed by atoms with Crippen LogP contribution in [-0.4, -0.2) is 20.4 Å². The molecule has 2 aromatic carbocycles. The van der Waals surface area contributed by atoms with Crippen LogP contribution in [0.2, 0.25) is 0 Å². The van der Waals surface area contributed by atoms with Gasteiger partial charge in [-0.2, -0.15) is 0 Å². The second kappa shape index (κ2) is 8.90. The molecule has 0 unspecified atom stereocenters. The van der Waals surface area contributed by atoms with Crippen LogP contribution in [0.3, 0.4) is 0 Å². The molecule has 0 heterocycles. The number of unbranched alkanes of at least 4 members (excludes halogenated alkanes) is 2. The number of hydrogen-bond acceptors (Lipinski definition) is 5. The Morgan fingerprint density at radius 2 is 1.00 bits per heavy atom. The van der Waals surface area contributed by atoms with E-state index in [1.165, 1.54) is 11.8 Å². The van der Waals surface area contributed by atoms with Gasteiger partial charge in [0.1, 0.15) is 0 Å². The van der Waals surface area contributed by atoms with Crippen LogP contribution < -0.4 is 0 Å². The van der Waals surface area contributed by atoms with E-state index >= 15 is 0 Å². The molecule has 0 fully saturated rings. The van der Waals surface area contributed by atoms with Crippen molar-refractivity contribution in [3.05, 3.63) is 35.4 Å². The average Bonchev–Trinajstić information content (AvgIpc) is 2.58. The minimum atomic E-state index is -0.152. The van der Waals surface area contributed by atoms with Crippen molar-refractivity contribution in [3.63, 3.8) is 0 Å². The van der Waals surface area contributed by atoms with Gasteiger partial charge in [-0.3, -0.25) is 0 Å². The summed E-state index contributed by atoms with van der Waals surface area (Å²) in [7, 11) is 0. The van der Waals surface area contributed by atoms with Crippen LogP contribution in [0.25, 0.3) is 0 Å². The summed E-state index contributed by atoms with van der Waals surface area (Å²) >= 11 is 1.45. The SMILES string of the molecule is CCCCc1cc(O)c(O)cc1Sc1cc(O)c(O)cc1CCCC. The van der Waals surface area contributed by atoms with Crippen molar-refractivity contribution in [2.75, 3.05) is 0 Å². The standard InChI is InChI=1S/C20H26O4S/c1-3-5-7-13-9-15(21)17(23)11-19(13)25-20-12-18(24)16(22)10-14(20)8-6-4-2/h9-12,21-24H,3-8H2,1-2H3. The van der Waals surface area contributed by atoms with Crippen LogP contribution in [0, 0.1) is 0 Å². The Labute approximate surface area is 153 Å². The summed E-state index contributed by atoms with van der Waals surface area (Å²) in [5.74, 6) is -0.535. The van der Waals surface area contributed by atoms with E-state index in [2.05, 4.69) is 13.8 Å². The van der Waals surface area contributed by atoms with Crippen molar-refractivity contribution in [2.24, 2.45) is 0 Å². The molecule has 0 aliphatic carbocycles. The molecule has 2 rings (SSSR count). The lowest BCUT2D eigenvalue weighted by Gasteiger charge is -2.14. The molecule has 136 valence electrons. The van der Waals surface area contributed by atoms with Crippen molar-refractivity contribution in [2.45, 2.75) is 62.2 Å². The number of aromatic hydroxyl groups is 4. The molecule has 0 aliphatic heterocycles.